The van der Waals surface area contributed by atoms with Gasteiger partial charge < -0.3 is 4.90 Å². The van der Waals surface area contributed by atoms with Crippen molar-refractivity contribution in [1.29, 1.82) is 0 Å². The average molecular weight is 211 g/mol. The van der Waals surface area contributed by atoms with E-state index < -0.39 is 0 Å². The normalized spacial score (nSPS) is 35.4. The van der Waals surface area contributed by atoms with Crippen molar-refractivity contribution in [3.8, 4) is 0 Å². The molecule has 0 saturated carbocycles. The van der Waals surface area contributed by atoms with Gasteiger partial charge in [0.2, 0.25) is 0 Å². The molecule has 1 nitrogen and oxygen atoms in total. The number of hydrogen-bond donors (Lipinski definition) is 0. The van der Waals surface area contributed by atoms with Gasteiger partial charge in [-0.25, -0.2) is 0 Å². The highest BCUT2D eigenvalue weighted by Crippen LogP contribution is 2.37. The molecule has 0 radical (unpaired) electrons. The lowest BCUT2D eigenvalue weighted by Gasteiger charge is -2.43. The molecule has 1 heterocycles. The second-order valence-electron chi connectivity index (χ2n) is 5.71. The van der Waals surface area contributed by atoms with E-state index in [1.54, 1.807) is 0 Å². The molecule has 0 aromatic rings. The van der Waals surface area contributed by atoms with Crippen molar-refractivity contribution in [3.05, 3.63) is 0 Å². The Labute approximate surface area is 96.2 Å². The lowest BCUT2D eigenvalue weighted by molar-refractivity contribution is 0.0509. The second kappa shape index (κ2) is 5.89. The molecule has 0 aromatic heterocycles. The first-order valence-electron chi connectivity index (χ1n) is 6.78. The molecule has 0 aromatic carbocycles. The maximum Gasteiger partial charge on any atom is 0.000694 e. The third kappa shape index (κ3) is 3.21. The van der Waals surface area contributed by atoms with Crippen molar-refractivity contribution < 1.29 is 0 Å². The molecule has 1 aliphatic rings. The van der Waals surface area contributed by atoms with E-state index in [1.165, 1.54) is 32.4 Å². The summed E-state index contributed by atoms with van der Waals surface area (Å²) in [5.74, 6) is 3.70. The van der Waals surface area contributed by atoms with Gasteiger partial charge in [0, 0.05) is 13.1 Å². The van der Waals surface area contributed by atoms with Gasteiger partial charge in [0.1, 0.15) is 0 Å². The molecule has 90 valence electrons. The first-order chi connectivity index (χ1) is 7.10. The molecule has 3 unspecified atom stereocenters. The van der Waals surface area contributed by atoms with Crippen LogP contribution in [0.3, 0.4) is 0 Å². The molecule has 3 atom stereocenters. The Bertz CT molecular complexity index is 166. The van der Waals surface area contributed by atoms with Crippen molar-refractivity contribution >= 4 is 0 Å². The fraction of sp³-hybridized carbons (Fsp3) is 1.00. The third-order valence-corrected chi connectivity index (χ3v) is 4.24. The number of likely N-dealkylation sites (tertiary alicyclic amines) is 1. The summed E-state index contributed by atoms with van der Waals surface area (Å²) >= 11 is 0. The quantitative estimate of drug-likeness (QED) is 0.686. The topological polar surface area (TPSA) is 3.24 Å². The fourth-order valence-electron chi connectivity index (χ4n) is 3.83. The van der Waals surface area contributed by atoms with Gasteiger partial charge in [-0.05, 0) is 30.7 Å². The number of piperidine rings is 1. The molecule has 0 bridgehead atoms. The maximum atomic E-state index is 2.50. The molecule has 15 heavy (non-hydrogen) atoms. The van der Waals surface area contributed by atoms with E-state index in [4.69, 9.17) is 0 Å². The summed E-state index contributed by atoms with van der Waals surface area (Å²) in [6.45, 7) is 12.2. The summed E-state index contributed by atoms with van der Waals surface area (Å²) in [4.78, 5) is 2.50. The van der Waals surface area contributed by atoms with E-state index in [1.807, 2.05) is 0 Å². The van der Waals surface area contributed by atoms with Crippen LogP contribution in [0.25, 0.3) is 0 Å². The molecular weight excluding hydrogens is 182 g/mol. The Morgan fingerprint density at radius 2 is 1.67 bits per heavy atom. The first-order valence-corrected chi connectivity index (χ1v) is 6.78. The number of hydrogen-bond acceptors (Lipinski definition) is 1. The van der Waals surface area contributed by atoms with E-state index in [0.29, 0.717) is 0 Å². The van der Waals surface area contributed by atoms with Crippen LogP contribution >= 0.6 is 0 Å². The zero-order valence-electron chi connectivity index (χ0n) is 11.3. The molecule has 0 spiro atoms. The van der Waals surface area contributed by atoms with Crippen molar-refractivity contribution in [2.75, 3.05) is 20.1 Å². The highest BCUT2D eigenvalue weighted by Gasteiger charge is 2.34. The minimum Gasteiger partial charge on any atom is -0.306 e. The summed E-state index contributed by atoms with van der Waals surface area (Å²) in [6, 6.07) is 0. The fourth-order valence-corrected chi connectivity index (χ4v) is 3.83. The standard InChI is InChI=1S/C14H29N/c1-6-8-13(7-2)14-11(3)9-15(5)10-12(14)4/h11-14H,6-10H2,1-5H3. The highest BCUT2D eigenvalue weighted by molar-refractivity contribution is 4.85. The van der Waals surface area contributed by atoms with E-state index >= 15 is 0 Å². The Hall–Kier alpha value is -0.0400. The second-order valence-corrected chi connectivity index (χ2v) is 5.71. The maximum absolute atomic E-state index is 2.50. The molecule has 0 amide bonds. The van der Waals surface area contributed by atoms with Crippen LogP contribution in [0.1, 0.15) is 47.0 Å². The zero-order chi connectivity index (χ0) is 11.4. The molecule has 1 fully saturated rings. The minimum absolute atomic E-state index is 0.884. The monoisotopic (exact) mass is 211 g/mol. The van der Waals surface area contributed by atoms with Crippen molar-refractivity contribution in [2.24, 2.45) is 23.7 Å². The summed E-state index contributed by atoms with van der Waals surface area (Å²) in [5, 5.41) is 0. The van der Waals surface area contributed by atoms with Crippen LogP contribution in [0.2, 0.25) is 0 Å². The highest BCUT2D eigenvalue weighted by atomic mass is 15.1. The van der Waals surface area contributed by atoms with Crippen LogP contribution in [-0.4, -0.2) is 25.0 Å². The van der Waals surface area contributed by atoms with Gasteiger partial charge in [-0.1, -0.05) is 47.0 Å². The van der Waals surface area contributed by atoms with Gasteiger partial charge in [0.05, 0.1) is 0 Å². The molecule has 0 aliphatic carbocycles. The summed E-state index contributed by atoms with van der Waals surface area (Å²) in [6.07, 6.45) is 4.15. The summed E-state index contributed by atoms with van der Waals surface area (Å²) in [7, 11) is 2.27. The molecule has 1 rings (SSSR count). The van der Waals surface area contributed by atoms with Gasteiger partial charge in [0.25, 0.3) is 0 Å². The van der Waals surface area contributed by atoms with E-state index in [0.717, 1.165) is 23.7 Å². The van der Waals surface area contributed by atoms with Crippen LogP contribution in [-0.2, 0) is 0 Å². The largest absolute Gasteiger partial charge is 0.306 e. The minimum atomic E-state index is 0.884. The SMILES string of the molecule is CCCC(CC)C1C(C)CN(C)CC1C. The van der Waals surface area contributed by atoms with Crippen LogP contribution in [0.4, 0.5) is 0 Å². The molecule has 1 aliphatic heterocycles. The van der Waals surface area contributed by atoms with E-state index in [2.05, 4.69) is 39.6 Å². The van der Waals surface area contributed by atoms with Crippen LogP contribution < -0.4 is 0 Å². The van der Waals surface area contributed by atoms with E-state index in [9.17, 15) is 0 Å². The summed E-state index contributed by atoms with van der Waals surface area (Å²) < 4.78 is 0. The number of rotatable bonds is 4. The first kappa shape index (κ1) is 13.0. The molecular formula is C14H29N. The molecule has 1 saturated heterocycles. The van der Waals surface area contributed by atoms with Crippen LogP contribution in [0.5, 0.6) is 0 Å². The van der Waals surface area contributed by atoms with Crippen LogP contribution in [0, 0.1) is 23.7 Å². The van der Waals surface area contributed by atoms with E-state index in [-0.39, 0.29) is 0 Å². The van der Waals surface area contributed by atoms with Gasteiger partial charge in [0.15, 0.2) is 0 Å². The predicted molar refractivity (Wildman–Crippen MR) is 68.0 cm³/mol. The predicted octanol–water partition coefficient (Wildman–Crippen LogP) is 3.65. The molecule has 0 N–H and O–H groups in total. The van der Waals surface area contributed by atoms with Crippen molar-refractivity contribution in [1.82, 2.24) is 4.90 Å². The Morgan fingerprint density at radius 1 is 1.13 bits per heavy atom. The zero-order valence-corrected chi connectivity index (χ0v) is 11.3. The van der Waals surface area contributed by atoms with Crippen molar-refractivity contribution in [2.45, 2.75) is 47.0 Å². The Kier molecular flexibility index (Phi) is 5.11. The Morgan fingerprint density at radius 3 is 2.07 bits per heavy atom. The average Bonchev–Trinajstić information content (AvgIpc) is 2.14. The molecule has 1 heteroatoms. The summed E-state index contributed by atoms with van der Waals surface area (Å²) in [5.41, 5.74) is 0. The van der Waals surface area contributed by atoms with Gasteiger partial charge >= 0.3 is 0 Å². The lowest BCUT2D eigenvalue weighted by atomic mass is 9.70. The third-order valence-electron chi connectivity index (χ3n) is 4.24. The van der Waals surface area contributed by atoms with Crippen LogP contribution in [0.15, 0.2) is 0 Å². The van der Waals surface area contributed by atoms with Gasteiger partial charge in [-0.3, -0.25) is 0 Å². The smallest absolute Gasteiger partial charge is 0.000694 e. The van der Waals surface area contributed by atoms with Gasteiger partial charge in [-0.2, -0.15) is 0 Å². The number of nitrogens with zero attached hydrogens (tertiary/aromatic N) is 1. The van der Waals surface area contributed by atoms with Gasteiger partial charge in [-0.15, -0.1) is 0 Å². The Balaban J connectivity index is 2.64. The van der Waals surface area contributed by atoms with Crippen molar-refractivity contribution in [3.63, 3.8) is 0 Å². The lowest BCUT2D eigenvalue weighted by Crippen LogP contribution is -2.45.